The van der Waals surface area contributed by atoms with E-state index in [0.29, 0.717) is 33.8 Å². The van der Waals surface area contributed by atoms with Crippen LogP contribution >= 0.6 is 0 Å². The molecule has 0 unspecified atom stereocenters. The van der Waals surface area contributed by atoms with Crippen LogP contribution in [0.4, 0.5) is 0 Å². The third-order valence-electron chi connectivity index (χ3n) is 6.54. The highest BCUT2D eigenvalue weighted by Gasteiger charge is 2.17. The molecule has 0 aliphatic rings. The number of benzene rings is 3. The summed E-state index contributed by atoms with van der Waals surface area (Å²) in [5, 5.41) is 5.99. The number of para-hydroxylation sites is 2. The average Bonchev–Trinajstić information content (AvgIpc) is 3.48. The SMILES string of the molecule is CC(=O)Oc1ccc(-n2c(C)cc(C=Nn3c(-c4cc5ccccc5o4)nc4ccccc4c3=O)c2C)cc1. The zero-order chi connectivity index (χ0) is 27.1. The number of hydrogen-bond donors (Lipinski definition) is 0. The number of hydrogen-bond acceptors (Lipinski definition) is 6. The van der Waals surface area contributed by atoms with Crippen LogP contribution in [0.3, 0.4) is 0 Å². The monoisotopic (exact) mass is 516 g/mol. The van der Waals surface area contributed by atoms with Gasteiger partial charge < -0.3 is 13.7 Å². The summed E-state index contributed by atoms with van der Waals surface area (Å²) in [6.45, 7) is 5.35. The second-order valence-electron chi connectivity index (χ2n) is 9.21. The van der Waals surface area contributed by atoms with E-state index in [1.165, 1.54) is 11.6 Å². The van der Waals surface area contributed by atoms with Gasteiger partial charge in [0.05, 0.1) is 17.1 Å². The molecule has 0 radical (unpaired) electrons. The van der Waals surface area contributed by atoms with Crippen LogP contribution in [0.15, 0.2) is 99.2 Å². The van der Waals surface area contributed by atoms with Gasteiger partial charge in [-0.3, -0.25) is 9.59 Å². The van der Waals surface area contributed by atoms with Crippen molar-refractivity contribution in [3.8, 4) is 23.0 Å². The van der Waals surface area contributed by atoms with Crippen molar-refractivity contribution >= 4 is 34.1 Å². The van der Waals surface area contributed by atoms with Crippen molar-refractivity contribution in [2.45, 2.75) is 20.8 Å². The van der Waals surface area contributed by atoms with Gasteiger partial charge >= 0.3 is 5.97 Å². The molecule has 0 aliphatic carbocycles. The van der Waals surface area contributed by atoms with Gasteiger partial charge in [-0.2, -0.15) is 9.78 Å². The Kier molecular flexibility index (Phi) is 5.92. The lowest BCUT2D eigenvalue weighted by Gasteiger charge is -2.10. The minimum Gasteiger partial charge on any atom is -0.453 e. The van der Waals surface area contributed by atoms with Gasteiger partial charge in [-0.25, -0.2) is 4.98 Å². The highest BCUT2D eigenvalue weighted by Crippen LogP contribution is 2.27. The first-order valence-electron chi connectivity index (χ1n) is 12.4. The zero-order valence-electron chi connectivity index (χ0n) is 21.6. The maximum atomic E-state index is 13.6. The van der Waals surface area contributed by atoms with Gasteiger partial charge in [-0.15, -0.1) is 0 Å². The quantitative estimate of drug-likeness (QED) is 0.159. The maximum absolute atomic E-state index is 13.6. The maximum Gasteiger partial charge on any atom is 0.308 e. The van der Waals surface area contributed by atoms with Crippen LogP contribution in [0.5, 0.6) is 5.75 Å². The summed E-state index contributed by atoms with van der Waals surface area (Å²) < 4.78 is 14.6. The highest BCUT2D eigenvalue weighted by atomic mass is 16.5. The fourth-order valence-electron chi connectivity index (χ4n) is 4.75. The normalized spacial score (nSPS) is 11.6. The second kappa shape index (κ2) is 9.57. The van der Waals surface area contributed by atoms with Crippen LogP contribution < -0.4 is 10.3 Å². The van der Waals surface area contributed by atoms with Crippen molar-refractivity contribution < 1.29 is 13.9 Å². The Morgan fingerprint density at radius 1 is 0.974 bits per heavy atom. The summed E-state index contributed by atoms with van der Waals surface area (Å²) in [6, 6.07) is 26.0. The van der Waals surface area contributed by atoms with Crippen molar-refractivity contribution in [1.82, 2.24) is 14.2 Å². The van der Waals surface area contributed by atoms with Crippen molar-refractivity contribution in [3.63, 3.8) is 0 Å². The first kappa shape index (κ1) is 24.1. The van der Waals surface area contributed by atoms with E-state index in [-0.39, 0.29) is 11.5 Å². The second-order valence-corrected chi connectivity index (χ2v) is 9.21. The minimum absolute atomic E-state index is 0.290. The molecule has 0 saturated heterocycles. The van der Waals surface area contributed by atoms with Crippen LogP contribution in [0, 0.1) is 13.8 Å². The molecule has 6 aromatic rings. The highest BCUT2D eigenvalue weighted by molar-refractivity contribution is 5.85. The number of nitrogens with zero attached hydrogens (tertiary/aromatic N) is 4. The predicted octanol–water partition coefficient (Wildman–Crippen LogP) is 6.02. The van der Waals surface area contributed by atoms with E-state index in [0.717, 1.165) is 28.0 Å². The number of fused-ring (bicyclic) bond motifs is 2. The van der Waals surface area contributed by atoms with Gasteiger partial charge in [-0.05, 0) is 68.4 Å². The summed E-state index contributed by atoms with van der Waals surface area (Å²) in [4.78, 5) is 29.6. The number of carbonyl (C=O) groups is 1. The van der Waals surface area contributed by atoms with Crippen LogP contribution in [0.1, 0.15) is 23.9 Å². The molecule has 0 N–H and O–H groups in total. The number of aromatic nitrogens is 3. The molecule has 3 aromatic heterocycles. The molecule has 0 bridgehead atoms. The molecule has 0 atom stereocenters. The molecule has 0 amide bonds. The lowest BCUT2D eigenvalue weighted by molar-refractivity contribution is -0.131. The largest absolute Gasteiger partial charge is 0.453 e. The first-order chi connectivity index (χ1) is 18.9. The van der Waals surface area contributed by atoms with Crippen LogP contribution in [-0.2, 0) is 4.79 Å². The molecular weight excluding hydrogens is 492 g/mol. The molecule has 3 aromatic carbocycles. The Bertz CT molecular complexity index is 1930. The van der Waals surface area contributed by atoms with Crippen LogP contribution in [0.2, 0.25) is 0 Å². The van der Waals surface area contributed by atoms with Crippen molar-refractivity contribution in [1.29, 1.82) is 0 Å². The average molecular weight is 517 g/mol. The molecular formula is C31H24N4O4. The Hall–Kier alpha value is -5.24. The number of rotatable bonds is 5. The van der Waals surface area contributed by atoms with Gasteiger partial charge in [0.2, 0.25) is 5.82 Å². The Labute approximate surface area is 223 Å². The number of furan rings is 1. The molecule has 0 fully saturated rings. The lowest BCUT2D eigenvalue weighted by atomic mass is 10.2. The standard InChI is InChI=1S/C31H24N4O4/c1-19-16-23(20(2)34(19)24-12-14-25(15-13-24)38-21(3)36)18-32-35-30(29-17-22-8-4-7-11-28(22)39-29)33-27-10-6-5-9-26(27)31(35)37/h4-18H,1-3H3. The number of aryl methyl sites for hydroxylation is 1. The van der Waals surface area contributed by atoms with Crippen LogP contribution in [-0.4, -0.2) is 26.4 Å². The fraction of sp³-hybridized carbons (Fsp3) is 0.0968. The number of esters is 1. The molecule has 39 heavy (non-hydrogen) atoms. The van der Waals surface area contributed by atoms with E-state index >= 15 is 0 Å². The first-order valence-corrected chi connectivity index (χ1v) is 12.4. The lowest BCUT2D eigenvalue weighted by Crippen LogP contribution is -2.20. The van der Waals surface area contributed by atoms with Gasteiger partial charge in [-0.1, -0.05) is 30.3 Å². The Morgan fingerprint density at radius 2 is 1.72 bits per heavy atom. The summed E-state index contributed by atoms with van der Waals surface area (Å²) in [7, 11) is 0. The fourth-order valence-corrected chi connectivity index (χ4v) is 4.75. The molecule has 0 aliphatic heterocycles. The molecule has 3 heterocycles. The summed E-state index contributed by atoms with van der Waals surface area (Å²) >= 11 is 0. The number of carbonyl (C=O) groups excluding carboxylic acids is 1. The molecule has 192 valence electrons. The van der Waals surface area contributed by atoms with E-state index in [9.17, 15) is 9.59 Å². The van der Waals surface area contributed by atoms with Gasteiger partial charge in [0.1, 0.15) is 11.3 Å². The van der Waals surface area contributed by atoms with Gasteiger partial charge in [0.15, 0.2) is 5.76 Å². The Morgan fingerprint density at radius 3 is 2.49 bits per heavy atom. The summed E-state index contributed by atoms with van der Waals surface area (Å²) in [5.41, 5.74) is 4.65. The molecule has 0 saturated carbocycles. The summed E-state index contributed by atoms with van der Waals surface area (Å²) in [6.07, 6.45) is 1.66. The van der Waals surface area contributed by atoms with E-state index in [1.54, 1.807) is 36.5 Å². The van der Waals surface area contributed by atoms with Crippen molar-refractivity contribution in [2.75, 3.05) is 0 Å². The molecule has 8 heteroatoms. The van der Waals surface area contributed by atoms with Gasteiger partial charge in [0.25, 0.3) is 5.56 Å². The van der Waals surface area contributed by atoms with E-state index in [4.69, 9.17) is 14.1 Å². The number of ether oxygens (including phenoxy) is 1. The van der Waals surface area contributed by atoms with Crippen molar-refractivity contribution in [3.05, 3.63) is 112 Å². The molecule has 8 nitrogen and oxygen atoms in total. The van der Waals surface area contributed by atoms with E-state index in [1.807, 2.05) is 68.4 Å². The molecule has 0 spiro atoms. The van der Waals surface area contributed by atoms with E-state index < -0.39 is 0 Å². The minimum atomic E-state index is -0.366. The van der Waals surface area contributed by atoms with Gasteiger partial charge in [0, 0.05) is 34.9 Å². The third kappa shape index (κ3) is 4.42. The predicted molar refractivity (Wildman–Crippen MR) is 151 cm³/mol. The third-order valence-corrected chi connectivity index (χ3v) is 6.54. The Balaban J connectivity index is 1.44. The zero-order valence-corrected chi connectivity index (χ0v) is 21.6. The van der Waals surface area contributed by atoms with Crippen molar-refractivity contribution in [2.24, 2.45) is 5.10 Å². The smallest absolute Gasteiger partial charge is 0.308 e. The summed E-state index contributed by atoms with van der Waals surface area (Å²) in [5.74, 6) is 0.891. The topological polar surface area (TPSA) is 91.6 Å². The molecule has 6 rings (SSSR count). The van der Waals surface area contributed by atoms with Crippen LogP contribution in [0.25, 0.3) is 39.1 Å². The van der Waals surface area contributed by atoms with E-state index in [2.05, 4.69) is 9.67 Å².